The van der Waals surface area contributed by atoms with Crippen molar-refractivity contribution in [3.05, 3.63) is 0 Å². The standard InChI is InChI=1S/C8H13FO3/c1-6(10)2-3-7(9)4-5-8(11)12/h7H,2-5H2,1H3,(H,11,12). The highest BCUT2D eigenvalue weighted by Gasteiger charge is 2.09. The summed E-state index contributed by atoms with van der Waals surface area (Å²) < 4.78 is 12.7. The van der Waals surface area contributed by atoms with E-state index in [1.807, 2.05) is 0 Å². The van der Waals surface area contributed by atoms with Crippen LogP contribution in [0, 0.1) is 0 Å². The zero-order valence-electron chi connectivity index (χ0n) is 7.05. The Kier molecular flexibility index (Phi) is 5.25. The first-order valence-corrected chi connectivity index (χ1v) is 3.87. The number of ketones is 1. The van der Waals surface area contributed by atoms with E-state index in [1.165, 1.54) is 6.92 Å². The zero-order valence-corrected chi connectivity index (χ0v) is 7.05. The van der Waals surface area contributed by atoms with Gasteiger partial charge < -0.3 is 9.90 Å². The lowest BCUT2D eigenvalue weighted by molar-refractivity contribution is -0.137. The smallest absolute Gasteiger partial charge is 0.303 e. The highest BCUT2D eigenvalue weighted by atomic mass is 19.1. The van der Waals surface area contributed by atoms with Crippen molar-refractivity contribution >= 4 is 11.8 Å². The Hall–Kier alpha value is -0.930. The van der Waals surface area contributed by atoms with E-state index in [-0.39, 0.29) is 31.5 Å². The van der Waals surface area contributed by atoms with Crippen molar-refractivity contribution in [1.29, 1.82) is 0 Å². The van der Waals surface area contributed by atoms with Crippen LogP contribution < -0.4 is 0 Å². The van der Waals surface area contributed by atoms with Gasteiger partial charge in [0.15, 0.2) is 0 Å². The largest absolute Gasteiger partial charge is 0.481 e. The molecule has 0 spiro atoms. The molecule has 4 heteroatoms. The molecular weight excluding hydrogens is 163 g/mol. The van der Waals surface area contributed by atoms with Gasteiger partial charge >= 0.3 is 5.97 Å². The van der Waals surface area contributed by atoms with Crippen LogP contribution in [0.15, 0.2) is 0 Å². The number of aliphatic carboxylic acids is 1. The molecule has 0 aliphatic heterocycles. The maximum Gasteiger partial charge on any atom is 0.303 e. The molecule has 0 rings (SSSR count). The SMILES string of the molecule is CC(=O)CCC(F)CCC(=O)O. The minimum Gasteiger partial charge on any atom is -0.481 e. The van der Waals surface area contributed by atoms with Crippen molar-refractivity contribution in [2.45, 2.75) is 38.8 Å². The molecule has 12 heavy (non-hydrogen) atoms. The third-order valence-electron chi connectivity index (χ3n) is 1.48. The summed E-state index contributed by atoms with van der Waals surface area (Å²) in [5.41, 5.74) is 0. The number of carboxylic acid groups (broad SMARTS) is 1. The van der Waals surface area contributed by atoms with Crippen molar-refractivity contribution in [2.24, 2.45) is 0 Å². The fraction of sp³-hybridized carbons (Fsp3) is 0.750. The molecule has 0 saturated heterocycles. The molecule has 70 valence electrons. The zero-order chi connectivity index (χ0) is 9.56. The molecule has 0 fully saturated rings. The first-order chi connectivity index (χ1) is 5.52. The first kappa shape index (κ1) is 11.1. The van der Waals surface area contributed by atoms with Gasteiger partial charge in [-0.25, -0.2) is 4.39 Å². The van der Waals surface area contributed by atoms with E-state index in [4.69, 9.17) is 5.11 Å². The third-order valence-corrected chi connectivity index (χ3v) is 1.48. The molecule has 0 aromatic heterocycles. The van der Waals surface area contributed by atoms with Crippen molar-refractivity contribution in [3.63, 3.8) is 0 Å². The lowest BCUT2D eigenvalue weighted by atomic mass is 10.1. The van der Waals surface area contributed by atoms with E-state index in [2.05, 4.69) is 0 Å². The third kappa shape index (κ3) is 7.18. The topological polar surface area (TPSA) is 54.4 Å². The average molecular weight is 176 g/mol. The molecule has 0 aliphatic rings. The summed E-state index contributed by atoms with van der Waals surface area (Å²) >= 11 is 0. The number of Topliss-reactive ketones (excluding diaryl/α,β-unsaturated/α-hetero) is 1. The van der Waals surface area contributed by atoms with E-state index in [9.17, 15) is 14.0 Å². The minimum atomic E-state index is -1.16. The fourth-order valence-corrected chi connectivity index (χ4v) is 0.784. The Labute approximate surface area is 70.6 Å². The van der Waals surface area contributed by atoms with Crippen LogP contribution >= 0.6 is 0 Å². The molecule has 0 bridgehead atoms. The number of rotatable bonds is 6. The Bertz CT molecular complexity index is 150. The normalized spacial score (nSPS) is 12.5. The molecule has 3 nitrogen and oxygen atoms in total. The van der Waals surface area contributed by atoms with Gasteiger partial charge in [-0.1, -0.05) is 0 Å². The molecule has 0 aliphatic carbocycles. The van der Waals surface area contributed by atoms with Crippen LogP contribution in [0.1, 0.15) is 32.6 Å². The second-order valence-electron chi connectivity index (χ2n) is 2.77. The quantitative estimate of drug-likeness (QED) is 0.668. The highest BCUT2D eigenvalue weighted by molar-refractivity contribution is 5.75. The van der Waals surface area contributed by atoms with E-state index < -0.39 is 12.1 Å². The Morgan fingerprint density at radius 1 is 1.33 bits per heavy atom. The number of hydrogen-bond acceptors (Lipinski definition) is 2. The van der Waals surface area contributed by atoms with Crippen LogP contribution in [0.5, 0.6) is 0 Å². The van der Waals surface area contributed by atoms with Crippen LogP contribution in [0.3, 0.4) is 0 Å². The van der Waals surface area contributed by atoms with Gasteiger partial charge in [0.1, 0.15) is 12.0 Å². The number of carboxylic acids is 1. The molecule has 0 aromatic rings. The van der Waals surface area contributed by atoms with Gasteiger partial charge in [-0.3, -0.25) is 4.79 Å². The Morgan fingerprint density at radius 3 is 2.25 bits per heavy atom. The van der Waals surface area contributed by atoms with Crippen molar-refractivity contribution in [1.82, 2.24) is 0 Å². The number of hydrogen-bond donors (Lipinski definition) is 1. The lowest BCUT2D eigenvalue weighted by Gasteiger charge is -2.03. The first-order valence-electron chi connectivity index (χ1n) is 3.87. The Balaban J connectivity index is 3.39. The van der Waals surface area contributed by atoms with Crippen molar-refractivity contribution in [2.75, 3.05) is 0 Å². The monoisotopic (exact) mass is 176 g/mol. The number of carbonyl (C=O) groups is 2. The van der Waals surface area contributed by atoms with Gasteiger partial charge in [-0.05, 0) is 19.8 Å². The molecule has 0 aromatic carbocycles. The van der Waals surface area contributed by atoms with Gasteiger partial charge in [0.25, 0.3) is 0 Å². The number of carbonyl (C=O) groups excluding carboxylic acids is 1. The van der Waals surface area contributed by atoms with E-state index in [0.29, 0.717) is 0 Å². The van der Waals surface area contributed by atoms with Gasteiger partial charge in [-0.2, -0.15) is 0 Å². The van der Waals surface area contributed by atoms with Gasteiger partial charge in [0, 0.05) is 12.8 Å². The fourth-order valence-electron chi connectivity index (χ4n) is 0.784. The maximum atomic E-state index is 12.7. The minimum absolute atomic E-state index is 0.00259. The molecule has 1 unspecified atom stereocenters. The molecule has 0 radical (unpaired) electrons. The molecule has 0 amide bonds. The van der Waals surface area contributed by atoms with Gasteiger partial charge in [0.2, 0.25) is 0 Å². The van der Waals surface area contributed by atoms with E-state index >= 15 is 0 Å². The van der Waals surface area contributed by atoms with Gasteiger partial charge in [0.05, 0.1) is 0 Å². The summed E-state index contributed by atoms with van der Waals surface area (Å²) in [6.45, 7) is 1.39. The predicted octanol–water partition coefficient (Wildman–Crippen LogP) is 1.56. The predicted molar refractivity (Wildman–Crippen MR) is 41.7 cm³/mol. The van der Waals surface area contributed by atoms with Crippen LogP contribution in [0.2, 0.25) is 0 Å². The number of halogens is 1. The summed E-state index contributed by atoms with van der Waals surface area (Å²) in [7, 11) is 0. The average Bonchev–Trinajstić information content (AvgIpc) is 1.96. The Morgan fingerprint density at radius 2 is 1.83 bits per heavy atom. The second kappa shape index (κ2) is 5.69. The molecule has 1 N–H and O–H groups in total. The van der Waals surface area contributed by atoms with Crippen molar-refractivity contribution in [3.8, 4) is 0 Å². The molecule has 1 atom stereocenters. The molecular formula is C8H13FO3. The second-order valence-corrected chi connectivity index (χ2v) is 2.77. The summed E-state index contributed by atoms with van der Waals surface area (Å²) in [6.07, 6.45) is -0.990. The van der Waals surface area contributed by atoms with Crippen molar-refractivity contribution < 1.29 is 19.1 Å². The van der Waals surface area contributed by atoms with Gasteiger partial charge in [-0.15, -0.1) is 0 Å². The van der Waals surface area contributed by atoms with Crippen LogP contribution in [-0.2, 0) is 9.59 Å². The van der Waals surface area contributed by atoms with Crippen LogP contribution in [0.4, 0.5) is 4.39 Å². The highest BCUT2D eigenvalue weighted by Crippen LogP contribution is 2.09. The molecule has 0 saturated carbocycles. The summed E-state index contributed by atoms with van der Waals surface area (Å²) in [6, 6.07) is 0. The van der Waals surface area contributed by atoms with Crippen LogP contribution in [0.25, 0.3) is 0 Å². The summed E-state index contributed by atoms with van der Waals surface area (Å²) in [5.74, 6) is -1.06. The summed E-state index contributed by atoms with van der Waals surface area (Å²) in [5, 5.41) is 8.21. The van der Waals surface area contributed by atoms with Crippen LogP contribution in [-0.4, -0.2) is 23.0 Å². The summed E-state index contributed by atoms with van der Waals surface area (Å²) in [4.78, 5) is 20.4. The number of alkyl halides is 1. The van der Waals surface area contributed by atoms with E-state index in [1.54, 1.807) is 0 Å². The lowest BCUT2D eigenvalue weighted by Crippen LogP contribution is -2.06. The molecule has 0 heterocycles. The van der Waals surface area contributed by atoms with E-state index in [0.717, 1.165) is 0 Å². The maximum absolute atomic E-state index is 12.7.